The summed E-state index contributed by atoms with van der Waals surface area (Å²) in [5, 5.41) is 2.54. The third-order valence-electron chi connectivity index (χ3n) is 2.85. The van der Waals surface area contributed by atoms with E-state index in [2.05, 4.69) is 10.0 Å². The maximum atomic E-state index is 13.6. The first-order valence-corrected chi connectivity index (χ1v) is 7.21. The van der Waals surface area contributed by atoms with Crippen LogP contribution in [0.3, 0.4) is 0 Å². The fraction of sp³-hybridized carbons (Fsp3) is 0.364. The van der Waals surface area contributed by atoms with Crippen LogP contribution in [0.15, 0.2) is 23.1 Å². The summed E-state index contributed by atoms with van der Waals surface area (Å²) in [6, 6.07) is 3.24. The first-order chi connectivity index (χ1) is 8.90. The molecule has 0 aromatic heterocycles. The van der Waals surface area contributed by atoms with Gasteiger partial charge >= 0.3 is 0 Å². The van der Waals surface area contributed by atoms with Crippen molar-refractivity contribution in [1.82, 2.24) is 10.0 Å². The summed E-state index contributed by atoms with van der Waals surface area (Å²) in [4.78, 5) is 10.4. The van der Waals surface area contributed by atoms with Gasteiger partial charge in [0.25, 0.3) is 0 Å². The van der Waals surface area contributed by atoms with Crippen LogP contribution >= 0.6 is 0 Å². The number of piperidine rings is 1. The van der Waals surface area contributed by atoms with Crippen LogP contribution < -0.4 is 15.8 Å². The number of halogens is 1. The number of benzene rings is 1. The number of carbonyl (C=O) groups excluding carboxylic acids is 1. The molecule has 104 valence electrons. The Morgan fingerprint density at radius 1 is 1.42 bits per heavy atom. The molecule has 1 amide bonds. The van der Waals surface area contributed by atoms with Gasteiger partial charge in [-0.15, -0.1) is 0 Å². The molecule has 1 aliphatic rings. The highest BCUT2D eigenvalue weighted by molar-refractivity contribution is 7.89. The average Bonchev–Trinajstić information content (AvgIpc) is 2.31. The quantitative estimate of drug-likeness (QED) is 0.679. The van der Waals surface area contributed by atoms with Crippen LogP contribution in [-0.2, 0) is 14.8 Å². The van der Waals surface area contributed by atoms with Gasteiger partial charge in [0.15, 0.2) is 0 Å². The summed E-state index contributed by atoms with van der Waals surface area (Å²) >= 11 is 0. The van der Waals surface area contributed by atoms with Crippen LogP contribution in [-0.4, -0.2) is 26.9 Å². The second-order valence-corrected chi connectivity index (χ2v) is 5.97. The van der Waals surface area contributed by atoms with E-state index in [-0.39, 0.29) is 24.6 Å². The zero-order valence-electron chi connectivity index (χ0n) is 10.0. The molecule has 4 N–H and O–H groups in total. The Morgan fingerprint density at radius 3 is 2.74 bits per heavy atom. The summed E-state index contributed by atoms with van der Waals surface area (Å²) in [5.74, 6) is -1.02. The Bertz CT molecular complexity index is 573. The van der Waals surface area contributed by atoms with Crippen molar-refractivity contribution in [2.24, 2.45) is 0 Å². The molecule has 2 rings (SSSR count). The van der Waals surface area contributed by atoms with Gasteiger partial charge in [0, 0.05) is 19.0 Å². The van der Waals surface area contributed by atoms with E-state index in [0.717, 1.165) is 6.07 Å². The predicted octanol–water partition coefficient (Wildman–Crippen LogP) is -0.0352. The minimum Gasteiger partial charge on any atom is -0.398 e. The van der Waals surface area contributed by atoms with E-state index in [1.807, 2.05) is 0 Å². The molecule has 1 aromatic carbocycles. The molecule has 1 heterocycles. The molecule has 1 fully saturated rings. The molecule has 0 radical (unpaired) electrons. The van der Waals surface area contributed by atoms with Crippen molar-refractivity contribution in [1.29, 1.82) is 0 Å². The lowest BCUT2D eigenvalue weighted by molar-refractivity contribution is -0.122. The molecule has 1 aromatic rings. The molecule has 0 spiro atoms. The highest BCUT2D eigenvalue weighted by Gasteiger charge is 2.27. The van der Waals surface area contributed by atoms with E-state index in [0.29, 0.717) is 6.42 Å². The summed E-state index contributed by atoms with van der Waals surface area (Å²) in [6.07, 6.45) is 0.610. The van der Waals surface area contributed by atoms with Gasteiger partial charge in [-0.3, -0.25) is 4.79 Å². The van der Waals surface area contributed by atoms with Gasteiger partial charge in [0.05, 0.1) is 5.69 Å². The van der Waals surface area contributed by atoms with Gasteiger partial charge in [-0.1, -0.05) is 6.07 Å². The monoisotopic (exact) mass is 287 g/mol. The number of anilines is 1. The Morgan fingerprint density at radius 2 is 2.16 bits per heavy atom. The van der Waals surface area contributed by atoms with E-state index < -0.39 is 26.8 Å². The van der Waals surface area contributed by atoms with Gasteiger partial charge < -0.3 is 11.1 Å². The fourth-order valence-electron chi connectivity index (χ4n) is 1.92. The zero-order chi connectivity index (χ0) is 14.0. The topological polar surface area (TPSA) is 101 Å². The molecule has 0 aliphatic carbocycles. The number of sulfonamides is 1. The van der Waals surface area contributed by atoms with Crippen LogP contribution in [0.5, 0.6) is 0 Å². The molecular weight excluding hydrogens is 273 g/mol. The molecule has 1 saturated heterocycles. The summed E-state index contributed by atoms with van der Waals surface area (Å²) < 4.78 is 40.1. The van der Waals surface area contributed by atoms with Crippen LogP contribution in [0.4, 0.5) is 10.1 Å². The predicted molar refractivity (Wildman–Crippen MR) is 67.2 cm³/mol. The lowest BCUT2D eigenvalue weighted by Gasteiger charge is -2.23. The standard InChI is InChI=1S/C11H14FN3O3S/c12-8-2-1-3-9(13)11(8)19(17,18)15-7-4-5-10(16)14-6-7/h1-3,7,15H,4-6,13H2,(H,14,16). The molecule has 1 atom stereocenters. The maximum absolute atomic E-state index is 13.6. The summed E-state index contributed by atoms with van der Waals surface area (Å²) in [5.41, 5.74) is 5.36. The third kappa shape index (κ3) is 3.02. The van der Waals surface area contributed by atoms with Crippen LogP contribution in [0.25, 0.3) is 0 Å². The molecule has 0 bridgehead atoms. The van der Waals surface area contributed by atoms with Crippen molar-refractivity contribution in [3.8, 4) is 0 Å². The number of nitrogens with one attached hydrogen (secondary N) is 2. The van der Waals surface area contributed by atoms with Gasteiger partial charge in [-0.25, -0.2) is 17.5 Å². The molecule has 1 unspecified atom stereocenters. The summed E-state index contributed by atoms with van der Waals surface area (Å²) in [6.45, 7) is 0.187. The second kappa shape index (κ2) is 5.14. The number of amides is 1. The number of nitrogens with two attached hydrogens (primary N) is 1. The number of hydrogen-bond acceptors (Lipinski definition) is 4. The van der Waals surface area contributed by atoms with E-state index >= 15 is 0 Å². The van der Waals surface area contributed by atoms with Crippen LogP contribution in [0, 0.1) is 5.82 Å². The van der Waals surface area contributed by atoms with Crippen LogP contribution in [0.1, 0.15) is 12.8 Å². The van der Waals surface area contributed by atoms with Gasteiger partial charge in [-0.2, -0.15) is 0 Å². The Hall–Kier alpha value is -1.67. The minimum absolute atomic E-state index is 0.124. The lowest BCUT2D eigenvalue weighted by Crippen LogP contribution is -2.47. The second-order valence-electron chi connectivity index (χ2n) is 4.32. The normalized spacial score (nSPS) is 20.1. The largest absolute Gasteiger partial charge is 0.398 e. The fourth-order valence-corrected chi connectivity index (χ4v) is 3.38. The van der Waals surface area contributed by atoms with Crippen molar-refractivity contribution in [2.45, 2.75) is 23.8 Å². The Labute approximate surface area is 110 Å². The Kier molecular flexibility index (Phi) is 3.72. The first-order valence-electron chi connectivity index (χ1n) is 5.73. The van der Waals surface area contributed by atoms with Crippen molar-refractivity contribution in [3.05, 3.63) is 24.0 Å². The molecule has 1 aliphatic heterocycles. The van der Waals surface area contributed by atoms with Gasteiger partial charge in [0.2, 0.25) is 15.9 Å². The van der Waals surface area contributed by atoms with E-state index in [9.17, 15) is 17.6 Å². The number of hydrogen-bond donors (Lipinski definition) is 3. The average molecular weight is 287 g/mol. The van der Waals surface area contributed by atoms with Crippen molar-refractivity contribution >= 4 is 21.6 Å². The zero-order valence-corrected chi connectivity index (χ0v) is 10.8. The number of rotatable bonds is 3. The van der Waals surface area contributed by atoms with Crippen molar-refractivity contribution < 1.29 is 17.6 Å². The Balaban J connectivity index is 2.21. The summed E-state index contributed by atoms with van der Waals surface area (Å²) in [7, 11) is -4.04. The van der Waals surface area contributed by atoms with E-state index in [1.165, 1.54) is 12.1 Å². The molecular formula is C11H14FN3O3S. The van der Waals surface area contributed by atoms with Crippen molar-refractivity contribution in [2.75, 3.05) is 12.3 Å². The smallest absolute Gasteiger partial charge is 0.245 e. The van der Waals surface area contributed by atoms with Gasteiger partial charge in [0.1, 0.15) is 10.7 Å². The molecule has 0 saturated carbocycles. The first kappa shape index (κ1) is 13.8. The van der Waals surface area contributed by atoms with Crippen LogP contribution in [0.2, 0.25) is 0 Å². The number of nitrogen functional groups attached to an aromatic ring is 1. The lowest BCUT2D eigenvalue weighted by atomic mass is 10.1. The minimum atomic E-state index is -4.04. The third-order valence-corrected chi connectivity index (χ3v) is 4.47. The van der Waals surface area contributed by atoms with Gasteiger partial charge in [-0.05, 0) is 18.6 Å². The molecule has 8 heteroatoms. The van der Waals surface area contributed by atoms with E-state index in [4.69, 9.17) is 5.73 Å². The molecule has 6 nitrogen and oxygen atoms in total. The SMILES string of the molecule is Nc1cccc(F)c1S(=O)(=O)NC1CCC(=O)NC1. The van der Waals surface area contributed by atoms with Crippen molar-refractivity contribution in [3.63, 3.8) is 0 Å². The highest BCUT2D eigenvalue weighted by Crippen LogP contribution is 2.22. The maximum Gasteiger partial charge on any atom is 0.245 e. The highest BCUT2D eigenvalue weighted by atomic mass is 32.2. The number of carbonyl (C=O) groups is 1. The van der Waals surface area contributed by atoms with E-state index in [1.54, 1.807) is 0 Å². The molecule has 19 heavy (non-hydrogen) atoms.